The van der Waals surface area contributed by atoms with E-state index in [9.17, 15) is 9.59 Å². The van der Waals surface area contributed by atoms with Crippen LogP contribution in [-0.4, -0.2) is 22.0 Å². The van der Waals surface area contributed by atoms with E-state index in [1.54, 1.807) is 48.8 Å². The zero-order valence-corrected chi connectivity index (χ0v) is 12.9. The number of carbonyl (C=O) groups is 2. The van der Waals surface area contributed by atoms with E-state index in [1.165, 1.54) is 11.3 Å². The van der Waals surface area contributed by atoms with Gasteiger partial charge >= 0.3 is 0 Å². The van der Waals surface area contributed by atoms with E-state index >= 15 is 0 Å². The van der Waals surface area contributed by atoms with Crippen molar-refractivity contribution in [2.45, 2.75) is 6.92 Å². The molecule has 0 aliphatic rings. The Labute approximate surface area is 135 Å². The van der Waals surface area contributed by atoms with E-state index in [1.807, 2.05) is 0 Å². The molecule has 0 atom stereocenters. The molecule has 0 unspecified atom stereocenters. The maximum absolute atomic E-state index is 12.0. The second kappa shape index (κ2) is 6.41. The van der Waals surface area contributed by atoms with Crippen molar-refractivity contribution in [2.24, 2.45) is 0 Å². The van der Waals surface area contributed by atoms with Gasteiger partial charge in [-0.05, 0) is 31.2 Å². The van der Waals surface area contributed by atoms with Crippen LogP contribution in [-0.2, 0) is 0 Å². The molecule has 3 aromatic rings. The Morgan fingerprint density at radius 3 is 2.52 bits per heavy atom. The first-order valence-electron chi connectivity index (χ1n) is 6.67. The molecular formula is C15H12N4O3S. The summed E-state index contributed by atoms with van der Waals surface area (Å²) in [7, 11) is 0. The van der Waals surface area contributed by atoms with Crippen LogP contribution in [0.4, 0.5) is 10.8 Å². The van der Waals surface area contributed by atoms with Crippen LogP contribution in [0, 0.1) is 6.92 Å². The van der Waals surface area contributed by atoms with Gasteiger partial charge in [-0.25, -0.2) is 4.98 Å². The van der Waals surface area contributed by atoms with Gasteiger partial charge in [-0.15, -0.1) is 11.3 Å². The fourth-order valence-electron chi connectivity index (χ4n) is 1.82. The van der Waals surface area contributed by atoms with Gasteiger partial charge in [0.15, 0.2) is 5.13 Å². The molecule has 0 aliphatic heterocycles. The van der Waals surface area contributed by atoms with Gasteiger partial charge in [-0.1, -0.05) is 5.16 Å². The van der Waals surface area contributed by atoms with Gasteiger partial charge < -0.3 is 9.84 Å². The SMILES string of the molecule is Cc1cc(C(=O)Nc2ccc(C(=O)Nc3nccs3)cc2)on1. The monoisotopic (exact) mass is 328 g/mol. The Morgan fingerprint density at radius 2 is 1.91 bits per heavy atom. The summed E-state index contributed by atoms with van der Waals surface area (Å²) >= 11 is 1.34. The van der Waals surface area contributed by atoms with E-state index in [2.05, 4.69) is 20.8 Å². The zero-order chi connectivity index (χ0) is 16.2. The predicted molar refractivity (Wildman–Crippen MR) is 85.7 cm³/mol. The van der Waals surface area contributed by atoms with E-state index in [0.717, 1.165) is 0 Å². The number of carbonyl (C=O) groups excluding carboxylic acids is 2. The molecule has 0 fully saturated rings. The van der Waals surface area contributed by atoms with Crippen molar-refractivity contribution in [2.75, 3.05) is 10.6 Å². The first-order valence-corrected chi connectivity index (χ1v) is 7.55. The average molecular weight is 328 g/mol. The number of rotatable bonds is 4. The van der Waals surface area contributed by atoms with Crippen LogP contribution in [0.1, 0.15) is 26.6 Å². The van der Waals surface area contributed by atoms with Crippen molar-refractivity contribution in [1.82, 2.24) is 10.1 Å². The maximum atomic E-state index is 12.0. The molecule has 0 spiro atoms. The van der Waals surface area contributed by atoms with Crippen LogP contribution in [0.15, 0.2) is 46.4 Å². The number of amides is 2. The maximum Gasteiger partial charge on any atom is 0.294 e. The van der Waals surface area contributed by atoms with Gasteiger partial charge in [0.25, 0.3) is 11.8 Å². The number of nitrogens with zero attached hydrogens (tertiary/aromatic N) is 2. The lowest BCUT2D eigenvalue weighted by molar-refractivity contribution is 0.0986. The Hall–Kier alpha value is -3.00. The standard InChI is InChI=1S/C15H12N4O3S/c1-9-8-12(22-19-9)14(21)17-11-4-2-10(3-5-11)13(20)18-15-16-6-7-23-15/h2-8H,1H3,(H,17,21)(H,16,18,20). The van der Waals surface area contributed by atoms with Crippen molar-refractivity contribution in [3.8, 4) is 0 Å². The number of aromatic nitrogens is 2. The number of anilines is 2. The van der Waals surface area contributed by atoms with Crippen LogP contribution in [0.3, 0.4) is 0 Å². The topological polar surface area (TPSA) is 97.1 Å². The number of hydrogen-bond donors (Lipinski definition) is 2. The minimum atomic E-state index is -0.398. The lowest BCUT2D eigenvalue weighted by atomic mass is 10.2. The van der Waals surface area contributed by atoms with Crippen molar-refractivity contribution in [1.29, 1.82) is 0 Å². The summed E-state index contributed by atoms with van der Waals surface area (Å²) in [5, 5.41) is 11.3. The Kier molecular flexibility index (Phi) is 4.15. The third kappa shape index (κ3) is 3.61. The smallest absolute Gasteiger partial charge is 0.294 e. The minimum absolute atomic E-state index is 0.132. The molecule has 2 N–H and O–H groups in total. The minimum Gasteiger partial charge on any atom is -0.351 e. The lowest BCUT2D eigenvalue weighted by Gasteiger charge is -2.05. The number of nitrogens with one attached hydrogen (secondary N) is 2. The molecule has 116 valence electrons. The molecule has 2 amide bonds. The molecule has 23 heavy (non-hydrogen) atoms. The van der Waals surface area contributed by atoms with Crippen LogP contribution in [0.25, 0.3) is 0 Å². The van der Waals surface area contributed by atoms with E-state index < -0.39 is 5.91 Å². The number of benzene rings is 1. The Morgan fingerprint density at radius 1 is 1.13 bits per heavy atom. The van der Waals surface area contributed by atoms with Crippen LogP contribution in [0.2, 0.25) is 0 Å². The van der Waals surface area contributed by atoms with Crippen LogP contribution >= 0.6 is 11.3 Å². The molecule has 2 aromatic heterocycles. The molecule has 1 aromatic carbocycles. The Bertz CT molecular complexity index is 825. The summed E-state index contributed by atoms with van der Waals surface area (Å²) < 4.78 is 4.89. The highest BCUT2D eigenvalue weighted by molar-refractivity contribution is 7.13. The molecule has 0 saturated carbocycles. The number of thiazole rings is 1. The van der Waals surface area contributed by atoms with Gasteiger partial charge in [-0.3, -0.25) is 14.9 Å². The lowest BCUT2D eigenvalue weighted by Crippen LogP contribution is -2.13. The molecule has 2 heterocycles. The third-order valence-corrected chi connectivity index (χ3v) is 3.60. The summed E-state index contributed by atoms with van der Waals surface area (Å²) in [6, 6.07) is 8.05. The first kappa shape index (κ1) is 14.9. The second-order valence-corrected chi connectivity index (χ2v) is 5.55. The summed E-state index contributed by atoms with van der Waals surface area (Å²) in [5.41, 5.74) is 1.65. The van der Waals surface area contributed by atoms with Crippen molar-refractivity contribution >= 4 is 34.0 Å². The van der Waals surface area contributed by atoms with Gasteiger partial charge in [0, 0.05) is 28.9 Å². The molecule has 0 aliphatic carbocycles. The van der Waals surface area contributed by atoms with E-state index in [4.69, 9.17) is 4.52 Å². The molecular weight excluding hydrogens is 316 g/mol. The summed E-state index contributed by atoms with van der Waals surface area (Å²) in [4.78, 5) is 27.9. The predicted octanol–water partition coefficient (Wildman–Crippen LogP) is 2.94. The van der Waals surface area contributed by atoms with E-state index in [-0.39, 0.29) is 11.7 Å². The normalized spacial score (nSPS) is 10.3. The number of aryl methyl sites for hydroxylation is 1. The molecule has 8 heteroatoms. The second-order valence-electron chi connectivity index (χ2n) is 4.66. The molecule has 7 nitrogen and oxygen atoms in total. The summed E-state index contributed by atoms with van der Waals surface area (Å²) in [6.45, 7) is 1.73. The molecule has 0 bridgehead atoms. The molecule has 0 radical (unpaired) electrons. The highest BCUT2D eigenvalue weighted by Gasteiger charge is 2.12. The van der Waals surface area contributed by atoms with Gasteiger partial charge in [0.2, 0.25) is 5.76 Å². The van der Waals surface area contributed by atoms with Crippen molar-refractivity contribution in [3.05, 3.63) is 58.9 Å². The van der Waals surface area contributed by atoms with E-state index in [0.29, 0.717) is 22.1 Å². The fraction of sp³-hybridized carbons (Fsp3) is 0.0667. The number of hydrogen-bond acceptors (Lipinski definition) is 6. The quantitative estimate of drug-likeness (QED) is 0.767. The van der Waals surface area contributed by atoms with Crippen molar-refractivity contribution in [3.63, 3.8) is 0 Å². The first-order chi connectivity index (χ1) is 11.1. The zero-order valence-electron chi connectivity index (χ0n) is 12.1. The Balaban J connectivity index is 1.65. The summed E-state index contributed by atoms with van der Waals surface area (Å²) in [5.74, 6) is -0.526. The van der Waals surface area contributed by atoms with Crippen LogP contribution < -0.4 is 10.6 Å². The van der Waals surface area contributed by atoms with Crippen molar-refractivity contribution < 1.29 is 14.1 Å². The van der Waals surface area contributed by atoms with Gasteiger partial charge in [-0.2, -0.15) is 0 Å². The van der Waals surface area contributed by atoms with Crippen LogP contribution in [0.5, 0.6) is 0 Å². The largest absolute Gasteiger partial charge is 0.351 e. The fourth-order valence-corrected chi connectivity index (χ4v) is 2.35. The summed E-state index contributed by atoms with van der Waals surface area (Å²) in [6.07, 6.45) is 1.62. The average Bonchev–Trinajstić information content (AvgIpc) is 3.19. The highest BCUT2D eigenvalue weighted by atomic mass is 32.1. The van der Waals surface area contributed by atoms with Gasteiger partial charge in [0.1, 0.15) is 0 Å². The third-order valence-electron chi connectivity index (χ3n) is 2.91. The molecule has 0 saturated heterocycles. The molecule has 3 rings (SSSR count). The highest BCUT2D eigenvalue weighted by Crippen LogP contribution is 2.15. The van der Waals surface area contributed by atoms with Gasteiger partial charge in [0.05, 0.1) is 5.69 Å².